The van der Waals surface area contributed by atoms with E-state index in [-0.39, 0.29) is 16.2 Å². The van der Waals surface area contributed by atoms with E-state index in [0.717, 1.165) is 29.7 Å². The maximum Gasteiger partial charge on any atom is 0.270 e. The van der Waals surface area contributed by atoms with Crippen molar-refractivity contribution < 1.29 is 9.59 Å². The van der Waals surface area contributed by atoms with Crippen LogP contribution in [0.15, 0.2) is 42.0 Å². The highest BCUT2D eigenvalue weighted by Gasteiger charge is 2.36. The molecule has 1 saturated heterocycles. The molecule has 0 bridgehead atoms. The zero-order valence-electron chi connectivity index (χ0n) is 19.5. The van der Waals surface area contributed by atoms with Crippen molar-refractivity contribution in [2.75, 3.05) is 16.8 Å². The molecule has 0 saturated carbocycles. The maximum atomic E-state index is 13.4. The fourth-order valence-corrected chi connectivity index (χ4v) is 5.14. The molecule has 2 amide bonds. The molecule has 5 nitrogen and oxygen atoms in total. The van der Waals surface area contributed by atoms with Gasteiger partial charge >= 0.3 is 0 Å². The van der Waals surface area contributed by atoms with Crippen molar-refractivity contribution in [3.63, 3.8) is 0 Å². The molecule has 0 radical (unpaired) electrons. The van der Waals surface area contributed by atoms with Crippen molar-refractivity contribution in [1.82, 2.24) is 5.32 Å². The molecule has 1 fully saturated rings. The van der Waals surface area contributed by atoms with E-state index in [1.54, 1.807) is 6.08 Å². The Morgan fingerprint density at radius 1 is 1.21 bits per heavy atom. The van der Waals surface area contributed by atoms with Crippen LogP contribution in [0.1, 0.15) is 56.7 Å². The SMILES string of the molecule is CCc1ccc(N2C(=O)/C(=C/c3cc4c(cc3Cl)N(C)C(C)(C)CC4C)C(=O)NC2=S)cc1. The molecule has 0 spiro atoms. The van der Waals surface area contributed by atoms with E-state index in [2.05, 4.69) is 45.0 Å². The molecular weight excluding hydrogens is 454 g/mol. The third-order valence-electron chi connectivity index (χ3n) is 6.76. The van der Waals surface area contributed by atoms with Crippen molar-refractivity contribution in [1.29, 1.82) is 0 Å². The Hall–Kier alpha value is -2.70. The quantitative estimate of drug-likeness (QED) is 0.359. The van der Waals surface area contributed by atoms with E-state index >= 15 is 0 Å². The van der Waals surface area contributed by atoms with Crippen molar-refractivity contribution in [3.8, 4) is 0 Å². The van der Waals surface area contributed by atoms with Gasteiger partial charge in [0, 0.05) is 23.3 Å². The minimum absolute atomic E-state index is 0.00200. The molecule has 2 heterocycles. The molecule has 2 aliphatic rings. The first-order chi connectivity index (χ1) is 15.5. The summed E-state index contributed by atoms with van der Waals surface area (Å²) in [5, 5.41) is 3.20. The summed E-state index contributed by atoms with van der Waals surface area (Å²) in [5.74, 6) is -0.669. The molecule has 4 rings (SSSR count). The van der Waals surface area contributed by atoms with Gasteiger partial charge in [-0.15, -0.1) is 0 Å². The summed E-state index contributed by atoms with van der Waals surface area (Å²) in [7, 11) is 2.07. The molecule has 1 atom stereocenters. The van der Waals surface area contributed by atoms with Gasteiger partial charge in [0.15, 0.2) is 5.11 Å². The van der Waals surface area contributed by atoms with E-state index in [9.17, 15) is 9.59 Å². The number of anilines is 2. The average Bonchev–Trinajstić information content (AvgIpc) is 2.75. The monoisotopic (exact) mass is 481 g/mol. The lowest BCUT2D eigenvalue weighted by Crippen LogP contribution is -2.54. The van der Waals surface area contributed by atoms with Gasteiger partial charge < -0.3 is 4.90 Å². The van der Waals surface area contributed by atoms with Crippen LogP contribution in [0, 0.1) is 0 Å². The molecule has 172 valence electrons. The van der Waals surface area contributed by atoms with Gasteiger partial charge in [0.05, 0.1) is 5.69 Å². The van der Waals surface area contributed by atoms with Crippen molar-refractivity contribution >= 4 is 58.2 Å². The lowest BCUT2D eigenvalue weighted by Gasteiger charge is -2.45. The fourth-order valence-electron chi connectivity index (χ4n) is 4.64. The van der Waals surface area contributed by atoms with Crippen LogP contribution >= 0.6 is 23.8 Å². The third-order valence-corrected chi connectivity index (χ3v) is 7.37. The summed E-state index contributed by atoms with van der Waals surface area (Å²) in [5.41, 5.74) is 4.64. The Bertz CT molecular complexity index is 1190. The topological polar surface area (TPSA) is 52.7 Å². The average molecular weight is 482 g/mol. The van der Waals surface area contributed by atoms with Crippen molar-refractivity contribution in [3.05, 3.63) is 63.7 Å². The van der Waals surface area contributed by atoms with Gasteiger partial charge in [0.25, 0.3) is 11.8 Å². The highest BCUT2D eigenvalue weighted by Crippen LogP contribution is 2.44. The zero-order valence-corrected chi connectivity index (χ0v) is 21.1. The first-order valence-corrected chi connectivity index (χ1v) is 11.9. The fraction of sp³-hybridized carbons (Fsp3) is 0.346. The molecular formula is C26H28ClN3O2S. The van der Waals surface area contributed by atoms with Gasteiger partial charge in [-0.1, -0.05) is 37.6 Å². The summed E-state index contributed by atoms with van der Waals surface area (Å²) in [6.07, 6.45) is 3.45. The number of hydrogen-bond acceptors (Lipinski definition) is 4. The number of benzene rings is 2. The summed E-state index contributed by atoms with van der Waals surface area (Å²) in [4.78, 5) is 29.7. The minimum Gasteiger partial charge on any atom is -0.369 e. The van der Waals surface area contributed by atoms with E-state index in [0.29, 0.717) is 22.2 Å². The molecule has 33 heavy (non-hydrogen) atoms. The van der Waals surface area contributed by atoms with E-state index < -0.39 is 11.8 Å². The second-order valence-electron chi connectivity index (χ2n) is 9.39. The van der Waals surface area contributed by atoms with Gasteiger partial charge in [0.2, 0.25) is 0 Å². The van der Waals surface area contributed by atoms with Gasteiger partial charge in [-0.3, -0.25) is 19.8 Å². The number of nitrogens with one attached hydrogen (secondary N) is 1. The molecule has 2 aromatic rings. The first kappa shape index (κ1) is 23.5. The van der Waals surface area contributed by atoms with Crippen molar-refractivity contribution in [2.45, 2.75) is 52.0 Å². The van der Waals surface area contributed by atoms with Crippen LogP contribution < -0.4 is 15.1 Å². The second-order valence-corrected chi connectivity index (χ2v) is 10.2. The van der Waals surface area contributed by atoms with Crippen LogP contribution in [0.4, 0.5) is 11.4 Å². The van der Waals surface area contributed by atoms with Crippen LogP contribution in [0.3, 0.4) is 0 Å². The number of fused-ring (bicyclic) bond motifs is 1. The van der Waals surface area contributed by atoms with Gasteiger partial charge in [-0.25, -0.2) is 0 Å². The highest BCUT2D eigenvalue weighted by atomic mass is 35.5. The normalized spacial score (nSPS) is 21.3. The Morgan fingerprint density at radius 2 is 1.88 bits per heavy atom. The number of carbonyl (C=O) groups is 2. The summed E-state index contributed by atoms with van der Waals surface area (Å²) < 4.78 is 0. The standard InChI is InChI=1S/C26H28ClN3O2S/c1-6-16-7-9-18(10-8-16)30-24(32)20(23(31)28-25(30)33)12-17-11-19-15(2)14-26(3,4)29(5)22(19)13-21(17)27/h7-13,15H,6,14H2,1-5H3,(H,28,31,33)/b20-12+. The number of halogens is 1. The smallest absolute Gasteiger partial charge is 0.270 e. The highest BCUT2D eigenvalue weighted by molar-refractivity contribution is 7.80. The largest absolute Gasteiger partial charge is 0.369 e. The Morgan fingerprint density at radius 3 is 2.52 bits per heavy atom. The first-order valence-electron chi connectivity index (χ1n) is 11.1. The van der Waals surface area contributed by atoms with Crippen LogP contribution in [0.5, 0.6) is 0 Å². The van der Waals surface area contributed by atoms with E-state index in [1.807, 2.05) is 36.4 Å². The Labute approximate surface area is 205 Å². The summed E-state index contributed by atoms with van der Waals surface area (Å²) in [6, 6.07) is 11.5. The predicted molar refractivity (Wildman–Crippen MR) is 139 cm³/mol. The number of nitrogens with zero attached hydrogens (tertiary/aromatic N) is 2. The van der Waals surface area contributed by atoms with Gasteiger partial charge in [0.1, 0.15) is 5.57 Å². The molecule has 0 aromatic heterocycles. The maximum absolute atomic E-state index is 13.4. The zero-order chi connectivity index (χ0) is 24.1. The molecule has 0 aliphatic carbocycles. The number of aryl methyl sites for hydroxylation is 1. The number of amides is 2. The Kier molecular flexibility index (Phi) is 6.10. The summed E-state index contributed by atoms with van der Waals surface area (Å²) in [6.45, 7) is 8.68. The van der Waals surface area contributed by atoms with Gasteiger partial charge in [-0.2, -0.15) is 0 Å². The van der Waals surface area contributed by atoms with Crippen LogP contribution in [-0.4, -0.2) is 29.5 Å². The van der Waals surface area contributed by atoms with Crippen LogP contribution in [0.2, 0.25) is 5.02 Å². The van der Waals surface area contributed by atoms with E-state index in [1.165, 1.54) is 4.90 Å². The minimum atomic E-state index is -0.522. The van der Waals surface area contributed by atoms with Crippen LogP contribution in [-0.2, 0) is 16.0 Å². The molecule has 2 aromatic carbocycles. The molecule has 7 heteroatoms. The lowest BCUT2D eigenvalue weighted by atomic mass is 9.80. The Balaban J connectivity index is 1.75. The van der Waals surface area contributed by atoms with Gasteiger partial charge in [-0.05, 0) is 91.9 Å². The van der Waals surface area contributed by atoms with Crippen LogP contribution in [0.25, 0.3) is 6.08 Å². The molecule has 1 unspecified atom stereocenters. The molecule has 2 aliphatic heterocycles. The van der Waals surface area contributed by atoms with E-state index in [4.69, 9.17) is 23.8 Å². The summed E-state index contributed by atoms with van der Waals surface area (Å²) >= 11 is 12.0. The molecule has 1 N–H and O–H groups in total. The lowest BCUT2D eigenvalue weighted by molar-refractivity contribution is -0.122. The number of rotatable bonds is 3. The number of carbonyl (C=O) groups excluding carboxylic acids is 2. The van der Waals surface area contributed by atoms with Crippen molar-refractivity contribution in [2.24, 2.45) is 0 Å². The number of thiocarbonyl (C=S) groups is 1. The number of hydrogen-bond donors (Lipinski definition) is 1. The predicted octanol–water partition coefficient (Wildman–Crippen LogP) is 5.46. The second kappa shape index (κ2) is 8.58. The third kappa shape index (κ3) is 4.18.